The van der Waals surface area contributed by atoms with Crippen molar-refractivity contribution in [3.63, 3.8) is 0 Å². The fourth-order valence-corrected chi connectivity index (χ4v) is 3.91. The lowest BCUT2D eigenvalue weighted by molar-refractivity contribution is -0.136. The molecule has 1 atom stereocenters. The van der Waals surface area contributed by atoms with E-state index in [1.807, 2.05) is 17.5 Å². The number of carbonyl (C=O) groups excluding carboxylic acids is 2. The summed E-state index contributed by atoms with van der Waals surface area (Å²) in [5, 5.41) is 4.65. The number of allylic oxidation sites excluding steroid dienone is 1. The first-order chi connectivity index (χ1) is 14.3. The highest BCUT2D eigenvalue weighted by atomic mass is 32.1. The van der Waals surface area contributed by atoms with Crippen molar-refractivity contribution in [2.24, 2.45) is 0 Å². The number of ether oxygens (including phenoxy) is 3. The van der Waals surface area contributed by atoms with E-state index in [2.05, 4.69) is 10.1 Å². The lowest BCUT2D eigenvalue weighted by Crippen LogP contribution is -2.47. The van der Waals surface area contributed by atoms with Gasteiger partial charge in [0.25, 0.3) is 0 Å². The molecule has 0 saturated carbocycles. The maximum atomic E-state index is 12.8. The number of esters is 1. The van der Waals surface area contributed by atoms with E-state index in [9.17, 15) is 18.4 Å². The molecule has 0 spiro atoms. The fraction of sp³-hybridized carbons (Fsp3) is 0.300. The standard InChI is InChI=1S/C20H20F2N2O5S/c1-11-16(18(25)28-3)17(23-20(26)24(11)10-13-5-4-8-30-13)12-6-7-14(27-2)15(9-12)29-19(21)22/h4-9,17,19H,10H2,1-3H3,(H,23,26). The van der Waals surface area contributed by atoms with Crippen LogP contribution < -0.4 is 14.8 Å². The molecule has 2 aromatic rings. The Morgan fingerprint density at radius 1 is 1.27 bits per heavy atom. The molecule has 2 amide bonds. The Bertz CT molecular complexity index is 962. The third kappa shape index (κ3) is 4.38. The monoisotopic (exact) mass is 438 g/mol. The number of urea groups is 1. The number of halogens is 2. The van der Waals surface area contributed by atoms with Crippen molar-refractivity contribution in [2.75, 3.05) is 14.2 Å². The minimum atomic E-state index is -3.06. The van der Waals surface area contributed by atoms with Gasteiger partial charge in [0.1, 0.15) is 0 Å². The molecule has 160 valence electrons. The Labute approximate surface area is 175 Å². The lowest BCUT2D eigenvalue weighted by Gasteiger charge is -2.35. The van der Waals surface area contributed by atoms with Crippen LogP contribution in [0.4, 0.5) is 13.6 Å². The van der Waals surface area contributed by atoms with E-state index < -0.39 is 24.7 Å². The Kier molecular flexibility index (Phi) is 6.56. The number of rotatable bonds is 7. The summed E-state index contributed by atoms with van der Waals surface area (Å²) < 4.78 is 40.1. The van der Waals surface area contributed by atoms with Gasteiger partial charge in [-0.15, -0.1) is 11.3 Å². The van der Waals surface area contributed by atoms with E-state index in [4.69, 9.17) is 9.47 Å². The molecule has 1 aromatic carbocycles. The Hall–Kier alpha value is -3.14. The van der Waals surface area contributed by atoms with Gasteiger partial charge in [0, 0.05) is 10.6 Å². The first-order valence-electron chi connectivity index (χ1n) is 8.88. The van der Waals surface area contributed by atoms with Crippen LogP contribution in [0.25, 0.3) is 0 Å². The van der Waals surface area contributed by atoms with Crippen molar-refractivity contribution in [3.8, 4) is 11.5 Å². The van der Waals surface area contributed by atoms with Gasteiger partial charge in [-0.2, -0.15) is 8.78 Å². The molecular weight excluding hydrogens is 418 g/mol. The number of alkyl halides is 2. The minimum Gasteiger partial charge on any atom is -0.493 e. The summed E-state index contributed by atoms with van der Waals surface area (Å²) in [6.07, 6.45) is 0. The Morgan fingerprint density at radius 3 is 2.63 bits per heavy atom. The van der Waals surface area contributed by atoms with Crippen LogP contribution in [-0.2, 0) is 16.1 Å². The summed E-state index contributed by atoms with van der Waals surface area (Å²) in [5.74, 6) is -0.746. The van der Waals surface area contributed by atoms with E-state index in [1.165, 1.54) is 42.6 Å². The zero-order chi connectivity index (χ0) is 21.8. The van der Waals surface area contributed by atoms with Crippen LogP contribution >= 0.6 is 11.3 Å². The molecule has 7 nitrogen and oxygen atoms in total. The van der Waals surface area contributed by atoms with Gasteiger partial charge in [0.2, 0.25) is 0 Å². The summed E-state index contributed by atoms with van der Waals surface area (Å²) in [7, 11) is 2.56. The highest BCUT2D eigenvalue weighted by molar-refractivity contribution is 7.09. The summed E-state index contributed by atoms with van der Waals surface area (Å²) in [6.45, 7) is -1.13. The van der Waals surface area contributed by atoms with Crippen LogP contribution in [0, 0.1) is 0 Å². The van der Waals surface area contributed by atoms with Crippen LogP contribution in [0.1, 0.15) is 23.4 Å². The van der Waals surface area contributed by atoms with E-state index in [-0.39, 0.29) is 23.6 Å². The van der Waals surface area contributed by atoms with Crippen LogP contribution in [0.15, 0.2) is 47.0 Å². The van der Waals surface area contributed by atoms with Crippen molar-refractivity contribution < 1.29 is 32.6 Å². The van der Waals surface area contributed by atoms with E-state index in [0.29, 0.717) is 11.3 Å². The third-order valence-electron chi connectivity index (χ3n) is 4.63. The number of hydrogen-bond acceptors (Lipinski definition) is 6. The second-order valence-corrected chi connectivity index (χ2v) is 7.36. The predicted molar refractivity (Wildman–Crippen MR) is 105 cm³/mol. The number of hydrogen-bond donors (Lipinski definition) is 1. The molecule has 0 radical (unpaired) electrons. The van der Waals surface area contributed by atoms with Crippen molar-refractivity contribution in [1.82, 2.24) is 10.2 Å². The van der Waals surface area contributed by atoms with Crippen molar-refractivity contribution in [1.29, 1.82) is 0 Å². The highest BCUT2D eigenvalue weighted by Crippen LogP contribution is 2.37. The first-order valence-corrected chi connectivity index (χ1v) is 9.76. The largest absolute Gasteiger partial charge is 0.493 e. The summed E-state index contributed by atoms with van der Waals surface area (Å²) in [6, 6.07) is 6.72. The topological polar surface area (TPSA) is 77.1 Å². The molecule has 30 heavy (non-hydrogen) atoms. The zero-order valence-corrected chi connectivity index (χ0v) is 17.3. The van der Waals surface area contributed by atoms with Gasteiger partial charge in [0.05, 0.1) is 32.4 Å². The number of amides is 2. The molecule has 2 heterocycles. The van der Waals surface area contributed by atoms with Crippen molar-refractivity contribution >= 4 is 23.3 Å². The SMILES string of the molecule is COC(=O)C1=C(C)N(Cc2cccs2)C(=O)NC1c1ccc(OC)c(OC(F)F)c1. The van der Waals surface area contributed by atoms with Crippen LogP contribution in [0.3, 0.4) is 0 Å². The summed E-state index contributed by atoms with van der Waals surface area (Å²) in [4.78, 5) is 27.8. The van der Waals surface area contributed by atoms with Gasteiger partial charge in [0.15, 0.2) is 11.5 Å². The number of nitrogens with zero attached hydrogens (tertiary/aromatic N) is 1. The summed E-state index contributed by atoms with van der Waals surface area (Å²) >= 11 is 1.48. The number of benzene rings is 1. The Balaban J connectivity index is 2.04. The van der Waals surface area contributed by atoms with Gasteiger partial charge >= 0.3 is 18.6 Å². The molecule has 1 N–H and O–H groups in total. The van der Waals surface area contributed by atoms with Crippen LogP contribution in [0.5, 0.6) is 11.5 Å². The molecule has 0 fully saturated rings. The van der Waals surface area contributed by atoms with Gasteiger partial charge in [-0.05, 0) is 36.1 Å². The number of thiophene rings is 1. The molecule has 0 bridgehead atoms. The molecule has 0 saturated heterocycles. The molecule has 1 aromatic heterocycles. The smallest absolute Gasteiger partial charge is 0.387 e. The second-order valence-electron chi connectivity index (χ2n) is 6.33. The summed E-state index contributed by atoms with van der Waals surface area (Å²) in [5.41, 5.74) is 0.980. The third-order valence-corrected chi connectivity index (χ3v) is 5.49. The molecular formula is C20H20F2N2O5S. The van der Waals surface area contributed by atoms with E-state index in [1.54, 1.807) is 13.0 Å². The molecule has 0 aliphatic carbocycles. The minimum absolute atomic E-state index is 0.0980. The van der Waals surface area contributed by atoms with Gasteiger partial charge in [-0.25, -0.2) is 9.59 Å². The number of nitrogens with one attached hydrogen (secondary N) is 1. The molecule has 1 unspecified atom stereocenters. The maximum absolute atomic E-state index is 12.8. The quantitative estimate of drug-likeness (QED) is 0.660. The zero-order valence-electron chi connectivity index (χ0n) is 16.5. The molecule has 1 aliphatic heterocycles. The van der Waals surface area contributed by atoms with Crippen molar-refractivity contribution in [2.45, 2.75) is 26.1 Å². The van der Waals surface area contributed by atoms with E-state index in [0.717, 1.165) is 4.88 Å². The fourth-order valence-electron chi connectivity index (χ4n) is 3.22. The molecule has 3 rings (SSSR count). The van der Waals surface area contributed by atoms with E-state index >= 15 is 0 Å². The number of methoxy groups -OCH3 is 2. The second kappa shape index (κ2) is 9.12. The number of carbonyl (C=O) groups is 2. The first kappa shape index (κ1) is 21.6. The molecule has 1 aliphatic rings. The Morgan fingerprint density at radius 2 is 2.03 bits per heavy atom. The average Bonchev–Trinajstić information content (AvgIpc) is 3.23. The molecule has 10 heteroatoms. The van der Waals surface area contributed by atoms with Crippen LogP contribution in [-0.4, -0.2) is 37.7 Å². The van der Waals surface area contributed by atoms with Gasteiger partial charge in [-0.1, -0.05) is 12.1 Å². The predicted octanol–water partition coefficient (Wildman–Crippen LogP) is 4.07. The highest BCUT2D eigenvalue weighted by Gasteiger charge is 2.36. The van der Waals surface area contributed by atoms with Gasteiger partial charge in [-0.3, -0.25) is 4.90 Å². The van der Waals surface area contributed by atoms with Crippen LogP contribution in [0.2, 0.25) is 0 Å². The average molecular weight is 438 g/mol. The van der Waals surface area contributed by atoms with Gasteiger partial charge < -0.3 is 19.5 Å². The normalized spacial score (nSPS) is 16.5. The lowest BCUT2D eigenvalue weighted by atomic mass is 9.94. The maximum Gasteiger partial charge on any atom is 0.387 e. The van der Waals surface area contributed by atoms with Crippen molar-refractivity contribution in [3.05, 3.63) is 57.4 Å².